The third-order valence-corrected chi connectivity index (χ3v) is 5.99. The van der Waals surface area contributed by atoms with Gasteiger partial charge >= 0.3 is 0 Å². The largest absolute Gasteiger partial charge is 0.295 e. The van der Waals surface area contributed by atoms with Gasteiger partial charge in [-0.15, -0.1) is 0 Å². The molecule has 0 N–H and O–H groups in total. The smallest absolute Gasteiger partial charge is 0.264 e. The minimum Gasteiger partial charge on any atom is -0.295 e. The number of carbonyl (C=O) groups excluding carboxylic acids is 2. The van der Waals surface area contributed by atoms with Crippen molar-refractivity contribution in [3.63, 3.8) is 0 Å². The minimum absolute atomic E-state index is 0.0490. The Morgan fingerprint density at radius 1 is 1.08 bits per heavy atom. The highest BCUT2D eigenvalue weighted by molar-refractivity contribution is 7.92. The monoisotopic (exact) mass is 343 g/mol. The summed E-state index contributed by atoms with van der Waals surface area (Å²) in [5.74, 6) is -0.171. The Labute approximate surface area is 141 Å². The number of anilines is 1. The Hall–Kier alpha value is -2.47. The van der Waals surface area contributed by atoms with Crippen LogP contribution in [0.3, 0.4) is 0 Å². The molecule has 0 amide bonds. The van der Waals surface area contributed by atoms with Crippen LogP contribution in [-0.4, -0.2) is 26.5 Å². The van der Waals surface area contributed by atoms with E-state index in [1.165, 1.54) is 35.5 Å². The van der Waals surface area contributed by atoms with Crippen LogP contribution in [0.5, 0.6) is 0 Å². The normalized spacial score (nSPS) is 14.4. The maximum absolute atomic E-state index is 13.0. The molecule has 0 unspecified atom stereocenters. The SMILES string of the molecule is CC(=O)c1ccc(S(=O)(=O)N2CCC(=O)c3cccc(C)c32)cc1. The molecule has 124 valence electrons. The topological polar surface area (TPSA) is 71.5 Å². The van der Waals surface area contributed by atoms with E-state index in [4.69, 9.17) is 0 Å². The predicted molar refractivity (Wildman–Crippen MR) is 91.1 cm³/mol. The molecule has 1 aliphatic rings. The zero-order valence-corrected chi connectivity index (χ0v) is 14.3. The van der Waals surface area contributed by atoms with Gasteiger partial charge in [-0.3, -0.25) is 13.9 Å². The molecule has 0 saturated heterocycles. The molecule has 2 aromatic rings. The lowest BCUT2D eigenvalue weighted by Crippen LogP contribution is -2.38. The molecule has 0 bridgehead atoms. The fourth-order valence-corrected chi connectivity index (χ4v) is 4.44. The van der Waals surface area contributed by atoms with E-state index < -0.39 is 10.0 Å². The number of fused-ring (bicyclic) bond motifs is 1. The number of para-hydroxylation sites is 1. The Morgan fingerprint density at radius 3 is 2.38 bits per heavy atom. The number of hydrogen-bond acceptors (Lipinski definition) is 4. The van der Waals surface area contributed by atoms with Gasteiger partial charge in [-0.2, -0.15) is 0 Å². The van der Waals surface area contributed by atoms with Crippen molar-refractivity contribution in [1.82, 2.24) is 0 Å². The van der Waals surface area contributed by atoms with Crippen LogP contribution in [0.25, 0.3) is 0 Å². The third-order valence-electron chi connectivity index (χ3n) is 4.18. The van der Waals surface area contributed by atoms with E-state index in [1.54, 1.807) is 25.1 Å². The van der Waals surface area contributed by atoms with Gasteiger partial charge in [0.15, 0.2) is 11.6 Å². The Bertz CT molecular complexity index is 930. The van der Waals surface area contributed by atoms with Crippen LogP contribution in [-0.2, 0) is 10.0 Å². The van der Waals surface area contributed by atoms with Gasteiger partial charge in [-0.25, -0.2) is 8.42 Å². The molecule has 0 spiro atoms. The molecule has 0 radical (unpaired) electrons. The van der Waals surface area contributed by atoms with E-state index in [0.717, 1.165) is 5.56 Å². The van der Waals surface area contributed by atoms with Crippen molar-refractivity contribution in [2.75, 3.05) is 10.8 Å². The average Bonchev–Trinajstić information content (AvgIpc) is 2.56. The number of benzene rings is 2. The summed E-state index contributed by atoms with van der Waals surface area (Å²) in [4.78, 5) is 23.6. The first-order valence-corrected chi connectivity index (χ1v) is 9.03. The lowest BCUT2D eigenvalue weighted by molar-refractivity contribution is 0.0980. The number of sulfonamides is 1. The van der Waals surface area contributed by atoms with Gasteiger partial charge in [0, 0.05) is 24.1 Å². The van der Waals surface area contributed by atoms with E-state index in [2.05, 4.69) is 0 Å². The summed E-state index contributed by atoms with van der Waals surface area (Å²) in [6.45, 7) is 3.34. The van der Waals surface area contributed by atoms with Crippen LogP contribution in [0.15, 0.2) is 47.4 Å². The number of ketones is 2. The molecule has 6 heteroatoms. The summed E-state index contributed by atoms with van der Waals surface area (Å²) in [5, 5.41) is 0. The van der Waals surface area contributed by atoms with Crippen molar-refractivity contribution in [2.24, 2.45) is 0 Å². The van der Waals surface area contributed by atoms with Crippen LogP contribution in [0.2, 0.25) is 0 Å². The molecular formula is C18H17NO4S. The van der Waals surface area contributed by atoms with Gasteiger partial charge in [-0.05, 0) is 37.6 Å². The summed E-state index contributed by atoms with van der Waals surface area (Å²) in [5.41, 5.74) is 2.08. The number of carbonyl (C=O) groups is 2. The molecule has 0 saturated carbocycles. The first-order chi connectivity index (χ1) is 11.3. The van der Waals surface area contributed by atoms with Crippen molar-refractivity contribution in [3.8, 4) is 0 Å². The first-order valence-electron chi connectivity index (χ1n) is 7.59. The molecule has 0 fully saturated rings. The number of Topliss-reactive ketones (excluding diaryl/α,β-unsaturated/α-hetero) is 2. The average molecular weight is 343 g/mol. The van der Waals surface area contributed by atoms with Crippen LogP contribution in [0.4, 0.5) is 5.69 Å². The Morgan fingerprint density at radius 2 is 1.75 bits per heavy atom. The molecule has 24 heavy (non-hydrogen) atoms. The molecule has 1 heterocycles. The van der Waals surface area contributed by atoms with Crippen molar-refractivity contribution in [2.45, 2.75) is 25.2 Å². The second-order valence-electron chi connectivity index (χ2n) is 5.80. The van der Waals surface area contributed by atoms with E-state index in [1.807, 2.05) is 0 Å². The van der Waals surface area contributed by atoms with Gasteiger partial charge in [0.05, 0.1) is 10.6 Å². The van der Waals surface area contributed by atoms with Gasteiger partial charge in [0.25, 0.3) is 10.0 Å². The summed E-state index contributed by atoms with van der Waals surface area (Å²) in [6.07, 6.45) is 0.154. The van der Waals surface area contributed by atoms with Gasteiger partial charge in [-0.1, -0.05) is 24.3 Å². The van der Waals surface area contributed by atoms with Crippen molar-refractivity contribution >= 4 is 27.3 Å². The zero-order chi connectivity index (χ0) is 17.5. The van der Waals surface area contributed by atoms with E-state index in [0.29, 0.717) is 16.8 Å². The van der Waals surface area contributed by atoms with E-state index in [-0.39, 0.29) is 29.4 Å². The summed E-state index contributed by atoms with van der Waals surface area (Å²) in [7, 11) is -3.79. The van der Waals surface area contributed by atoms with Crippen LogP contribution in [0, 0.1) is 6.92 Å². The fraction of sp³-hybridized carbons (Fsp3) is 0.222. The highest BCUT2D eigenvalue weighted by atomic mass is 32.2. The molecule has 3 rings (SSSR count). The first kappa shape index (κ1) is 16.4. The molecule has 0 aliphatic carbocycles. The second-order valence-corrected chi connectivity index (χ2v) is 7.66. The number of nitrogens with zero attached hydrogens (tertiary/aromatic N) is 1. The lowest BCUT2D eigenvalue weighted by atomic mass is 9.99. The van der Waals surface area contributed by atoms with E-state index >= 15 is 0 Å². The number of rotatable bonds is 3. The summed E-state index contributed by atoms with van der Waals surface area (Å²) >= 11 is 0. The molecule has 1 aliphatic heterocycles. The van der Waals surface area contributed by atoms with Crippen molar-refractivity contribution < 1.29 is 18.0 Å². The zero-order valence-electron chi connectivity index (χ0n) is 13.4. The molecular weight excluding hydrogens is 326 g/mol. The lowest BCUT2D eigenvalue weighted by Gasteiger charge is -2.31. The quantitative estimate of drug-likeness (QED) is 0.803. The second kappa shape index (κ2) is 5.87. The minimum atomic E-state index is -3.79. The third kappa shape index (κ3) is 2.63. The molecule has 2 aromatic carbocycles. The maximum Gasteiger partial charge on any atom is 0.264 e. The summed E-state index contributed by atoms with van der Waals surface area (Å²) in [6, 6.07) is 11.1. The Kier molecular flexibility index (Phi) is 4.01. The highest BCUT2D eigenvalue weighted by Crippen LogP contribution is 2.34. The highest BCUT2D eigenvalue weighted by Gasteiger charge is 2.33. The van der Waals surface area contributed by atoms with Crippen LogP contribution < -0.4 is 4.31 Å². The van der Waals surface area contributed by atoms with E-state index in [9.17, 15) is 18.0 Å². The molecule has 0 atom stereocenters. The van der Waals surface area contributed by atoms with Crippen molar-refractivity contribution in [1.29, 1.82) is 0 Å². The van der Waals surface area contributed by atoms with Gasteiger partial charge in [0.1, 0.15) is 0 Å². The fourth-order valence-electron chi connectivity index (χ4n) is 2.89. The Balaban J connectivity index is 2.10. The summed E-state index contributed by atoms with van der Waals surface area (Å²) < 4.78 is 27.3. The standard InChI is InChI=1S/C18H17NO4S/c1-12-4-3-5-16-17(21)10-11-19(18(12)16)24(22,23)15-8-6-14(7-9-15)13(2)20/h3-9H,10-11H2,1-2H3. The predicted octanol–water partition coefficient (Wildman–Crippen LogP) is 2.98. The van der Waals surface area contributed by atoms with Gasteiger partial charge in [0.2, 0.25) is 0 Å². The molecule has 5 nitrogen and oxygen atoms in total. The van der Waals surface area contributed by atoms with Gasteiger partial charge < -0.3 is 0 Å². The van der Waals surface area contributed by atoms with Crippen LogP contribution >= 0.6 is 0 Å². The van der Waals surface area contributed by atoms with Crippen molar-refractivity contribution in [3.05, 3.63) is 59.2 Å². The molecule has 0 aromatic heterocycles. The number of hydrogen-bond donors (Lipinski definition) is 0. The maximum atomic E-state index is 13.0. The number of aryl methyl sites for hydroxylation is 1. The van der Waals surface area contributed by atoms with Crippen LogP contribution in [0.1, 0.15) is 39.6 Å².